The maximum atomic E-state index is 12.7. The van der Waals surface area contributed by atoms with Crippen molar-refractivity contribution in [3.8, 4) is 5.75 Å². The van der Waals surface area contributed by atoms with Gasteiger partial charge in [-0.3, -0.25) is 14.7 Å². The minimum absolute atomic E-state index is 0.0768. The van der Waals surface area contributed by atoms with Gasteiger partial charge in [0.25, 0.3) is 5.91 Å². The van der Waals surface area contributed by atoms with Crippen molar-refractivity contribution in [3.05, 3.63) is 41.0 Å². The van der Waals surface area contributed by atoms with E-state index in [0.717, 1.165) is 39.0 Å². The second-order valence-electron chi connectivity index (χ2n) is 6.98. The van der Waals surface area contributed by atoms with Crippen LogP contribution in [0, 0.1) is 0 Å². The zero-order chi connectivity index (χ0) is 19.3. The molecule has 150 valence electrons. The third-order valence-corrected chi connectivity index (χ3v) is 6.30. The fourth-order valence-electron chi connectivity index (χ4n) is 3.65. The van der Waals surface area contributed by atoms with Crippen LogP contribution in [0.4, 0.5) is 0 Å². The second kappa shape index (κ2) is 9.15. The Balaban J connectivity index is 1.28. The molecule has 28 heavy (non-hydrogen) atoms. The molecule has 2 aromatic rings. The van der Waals surface area contributed by atoms with Crippen LogP contribution in [0.5, 0.6) is 5.75 Å². The van der Waals surface area contributed by atoms with Gasteiger partial charge in [-0.1, -0.05) is 16.8 Å². The lowest BCUT2D eigenvalue weighted by Gasteiger charge is -2.39. The number of carbonyl (C=O) groups is 1. The largest absolute Gasteiger partial charge is 0.484 e. The number of likely N-dealkylation sites (tertiary alicyclic amines) is 1. The summed E-state index contributed by atoms with van der Waals surface area (Å²) in [5.74, 6) is 3.38. The molecule has 2 saturated heterocycles. The molecule has 2 aromatic heterocycles. The molecule has 0 atom stereocenters. The molecule has 2 aliphatic heterocycles. The van der Waals surface area contributed by atoms with Gasteiger partial charge in [0.15, 0.2) is 11.5 Å². The van der Waals surface area contributed by atoms with Crippen molar-refractivity contribution >= 4 is 29.3 Å². The lowest BCUT2D eigenvalue weighted by atomic mass is 10.0. The molecule has 0 spiro atoms. The molecular formula is C19H23ClN4O3S. The SMILES string of the molecule is O=C(c1cc(COc2cncc(Cl)c2)on1)N1CCC(N2CCSCC2)CC1. The third kappa shape index (κ3) is 4.79. The molecule has 0 unspecified atom stereocenters. The highest BCUT2D eigenvalue weighted by Crippen LogP contribution is 2.22. The van der Waals surface area contributed by atoms with Crippen LogP contribution < -0.4 is 4.74 Å². The van der Waals surface area contributed by atoms with Crippen molar-refractivity contribution in [1.82, 2.24) is 19.9 Å². The highest BCUT2D eigenvalue weighted by molar-refractivity contribution is 7.99. The normalized spacial score (nSPS) is 19.0. The first-order valence-electron chi connectivity index (χ1n) is 9.49. The molecule has 0 radical (unpaired) electrons. The summed E-state index contributed by atoms with van der Waals surface area (Å²) in [5.41, 5.74) is 0.329. The van der Waals surface area contributed by atoms with E-state index in [0.29, 0.717) is 28.3 Å². The molecule has 2 aliphatic rings. The third-order valence-electron chi connectivity index (χ3n) is 5.15. The van der Waals surface area contributed by atoms with Crippen LogP contribution in [-0.4, -0.2) is 69.6 Å². The van der Waals surface area contributed by atoms with E-state index in [1.165, 1.54) is 17.7 Å². The summed E-state index contributed by atoms with van der Waals surface area (Å²) in [7, 11) is 0. The van der Waals surface area contributed by atoms with Gasteiger partial charge in [0, 0.05) is 62.1 Å². The number of carbonyl (C=O) groups excluding carboxylic acids is 1. The van der Waals surface area contributed by atoms with Crippen molar-refractivity contribution in [2.45, 2.75) is 25.5 Å². The lowest BCUT2D eigenvalue weighted by molar-refractivity contribution is 0.0621. The minimum Gasteiger partial charge on any atom is -0.484 e. The highest BCUT2D eigenvalue weighted by Gasteiger charge is 2.29. The van der Waals surface area contributed by atoms with Gasteiger partial charge in [-0.05, 0) is 12.8 Å². The Morgan fingerprint density at radius 3 is 2.75 bits per heavy atom. The zero-order valence-corrected chi connectivity index (χ0v) is 17.1. The number of hydrogen-bond donors (Lipinski definition) is 0. The van der Waals surface area contributed by atoms with Gasteiger partial charge in [-0.25, -0.2) is 0 Å². The van der Waals surface area contributed by atoms with Crippen LogP contribution in [0.25, 0.3) is 0 Å². The van der Waals surface area contributed by atoms with Crippen LogP contribution in [0.1, 0.15) is 29.1 Å². The van der Waals surface area contributed by atoms with Crippen molar-refractivity contribution in [2.24, 2.45) is 0 Å². The summed E-state index contributed by atoms with van der Waals surface area (Å²) in [5, 5.41) is 4.43. The van der Waals surface area contributed by atoms with Gasteiger partial charge in [0.2, 0.25) is 0 Å². The topological polar surface area (TPSA) is 71.7 Å². The van der Waals surface area contributed by atoms with E-state index in [9.17, 15) is 4.79 Å². The van der Waals surface area contributed by atoms with Crippen LogP contribution in [0.3, 0.4) is 0 Å². The number of thioether (sulfide) groups is 1. The van der Waals surface area contributed by atoms with Gasteiger partial charge < -0.3 is 14.2 Å². The first-order valence-corrected chi connectivity index (χ1v) is 11.0. The van der Waals surface area contributed by atoms with E-state index in [4.69, 9.17) is 20.9 Å². The molecule has 4 heterocycles. The van der Waals surface area contributed by atoms with Gasteiger partial charge in [-0.2, -0.15) is 11.8 Å². The number of rotatable bonds is 5. The Bertz CT molecular complexity index is 804. The summed E-state index contributed by atoms with van der Waals surface area (Å²) in [4.78, 5) is 21.1. The average Bonchev–Trinajstić information content (AvgIpc) is 3.22. The quantitative estimate of drug-likeness (QED) is 0.733. The molecule has 4 rings (SSSR count). The molecule has 0 aromatic carbocycles. The Kier molecular flexibility index (Phi) is 6.39. The Morgan fingerprint density at radius 1 is 1.21 bits per heavy atom. The van der Waals surface area contributed by atoms with E-state index >= 15 is 0 Å². The monoisotopic (exact) mass is 422 g/mol. The van der Waals surface area contributed by atoms with Crippen molar-refractivity contribution in [1.29, 1.82) is 0 Å². The predicted octanol–water partition coefficient (Wildman–Crippen LogP) is 2.96. The van der Waals surface area contributed by atoms with Gasteiger partial charge in [-0.15, -0.1) is 0 Å². The van der Waals surface area contributed by atoms with E-state index < -0.39 is 0 Å². The number of nitrogens with zero attached hydrogens (tertiary/aromatic N) is 4. The number of pyridine rings is 1. The Labute approximate surface area is 173 Å². The average molecular weight is 423 g/mol. The number of aromatic nitrogens is 2. The molecule has 0 saturated carbocycles. The molecule has 7 nitrogen and oxygen atoms in total. The van der Waals surface area contributed by atoms with Crippen LogP contribution in [0.15, 0.2) is 29.0 Å². The summed E-state index contributed by atoms with van der Waals surface area (Å²) in [6.45, 7) is 4.02. The van der Waals surface area contributed by atoms with Crippen LogP contribution in [-0.2, 0) is 6.61 Å². The summed E-state index contributed by atoms with van der Waals surface area (Å²) in [6.07, 6.45) is 5.14. The second-order valence-corrected chi connectivity index (χ2v) is 8.64. The highest BCUT2D eigenvalue weighted by atomic mass is 35.5. The van der Waals surface area contributed by atoms with E-state index in [1.54, 1.807) is 18.3 Å². The first kappa shape index (κ1) is 19.5. The van der Waals surface area contributed by atoms with E-state index in [2.05, 4.69) is 15.0 Å². The van der Waals surface area contributed by atoms with E-state index in [1.807, 2.05) is 16.7 Å². The maximum absolute atomic E-state index is 12.7. The molecular weight excluding hydrogens is 400 g/mol. The summed E-state index contributed by atoms with van der Waals surface area (Å²) in [6, 6.07) is 3.91. The smallest absolute Gasteiger partial charge is 0.276 e. The Hall–Kier alpha value is -1.77. The standard InChI is InChI=1S/C19H23ClN4O3S/c20-14-9-16(12-21-11-14)26-13-17-10-18(22-27-17)19(25)24-3-1-15(2-4-24)23-5-7-28-8-6-23/h9-12,15H,1-8,13H2. The summed E-state index contributed by atoms with van der Waals surface area (Å²) < 4.78 is 10.8. The predicted molar refractivity (Wildman–Crippen MR) is 108 cm³/mol. The number of amides is 1. The van der Waals surface area contributed by atoms with Gasteiger partial charge in [0.05, 0.1) is 11.2 Å². The maximum Gasteiger partial charge on any atom is 0.276 e. The fraction of sp³-hybridized carbons (Fsp3) is 0.526. The van der Waals surface area contributed by atoms with Crippen molar-refractivity contribution < 1.29 is 14.1 Å². The number of halogens is 1. The minimum atomic E-state index is -0.0768. The van der Waals surface area contributed by atoms with Crippen molar-refractivity contribution in [2.75, 3.05) is 37.7 Å². The van der Waals surface area contributed by atoms with Gasteiger partial charge >= 0.3 is 0 Å². The van der Waals surface area contributed by atoms with Crippen LogP contribution >= 0.6 is 23.4 Å². The van der Waals surface area contributed by atoms with E-state index in [-0.39, 0.29) is 12.5 Å². The number of piperidine rings is 1. The van der Waals surface area contributed by atoms with Gasteiger partial charge in [0.1, 0.15) is 12.4 Å². The molecule has 0 bridgehead atoms. The molecule has 0 N–H and O–H groups in total. The molecule has 1 amide bonds. The summed E-state index contributed by atoms with van der Waals surface area (Å²) >= 11 is 7.91. The fourth-order valence-corrected chi connectivity index (χ4v) is 4.74. The molecule has 2 fully saturated rings. The Morgan fingerprint density at radius 2 is 2.00 bits per heavy atom. The van der Waals surface area contributed by atoms with Crippen molar-refractivity contribution in [3.63, 3.8) is 0 Å². The molecule has 0 aliphatic carbocycles. The van der Waals surface area contributed by atoms with Crippen LogP contribution in [0.2, 0.25) is 5.02 Å². The first-order chi connectivity index (χ1) is 13.7. The lowest BCUT2D eigenvalue weighted by Crippen LogP contribution is -2.49. The number of hydrogen-bond acceptors (Lipinski definition) is 7. The zero-order valence-electron chi connectivity index (χ0n) is 15.6. The molecule has 9 heteroatoms. The number of ether oxygens (including phenoxy) is 1.